The van der Waals surface area contributed by atoms with Crippen molar-refractivity contribution >= 4 is 45.7 Å². The van der Waals surface area contributed by atoms with Crippen LogP contribution in [0.5, 0.6) is 0 Å². The van der Waals surface area contributed by atoms with Gasteiger partial charge in [0.05, 0.1) is 11.9 Å². The number of alkyl halides is 1. The van der Waals surface area contributed by atoms with Gasteiger partial charge in [-0.3, -0.25) is 4.21 Å². The van der Waals surface area contributed by atoms with Crippen molar-refractivity contribution in [3.05, 3.63) is 54.1 Å². The van der Waals surface area contributed by atoms with Crippen molar-refractivity contribution in [2.24, 2.45) is 4.99 Å². The summed E-state index contributed by atoms with van der Waals surface area (Å²) in [6, 6.07) is 10.1. The third kappa shape index (κ3) is 3.87. The zero-order valence-electron chi connectivity index (χ0n) is 14.0. The van der Waals surface area contributed by atoms with Gasteiger partial charge in [-0.1, -0.05) is 53.7 Å². The molecule has 3 heterocycles. The zero-order valence-corrected chi connectivity index (χ0v) is 16.4. The predicted octanol–water partition coefficient (Wildman–Crippen LogP) is 2.50. The fourth-order valence-electron chi connectivity index (χ4n) is 2.87. The Hall–Kier alpha value is -1.64. The number of benzene rings is 1. The smallest absolute Gasteiger partial charge is 0.258 e. The van der Waals surface area contributed by atoms with Crippen molar-refractivity contribution in [1.29, 1.82) is 0 Å². The van der Waals surface area contributed by atoms with E-state index in [1.54, 1.807) is 6.20 Å². The molecule has 0 radical (unpaired) electrons. The van der Waals surface area contributed by atoms with Crippen LogP contribution in [0.15, 0.2) is 47.8 Å². The van der Waals surface area contributed by atoms with Gasteiger partial charge in [0.15, 0.2) is 5.84 Å². The fourth-order valence-corrected chi connectivity index (χ4v) is 5.16. The molecule has 1 saturated heterocycles. The summed E-state index contributed by atoms with van der Waals surface area (Å²) in [5.74, 6) is 2.74. The van der Waals surface area contributed by atoms with Gasteiger partial charge in [-0.15, -0.1) is 0 Å². The Labute approximate surface area is 163 Å². The molecule has 2 aliphatic rings. The molecular weight excluding hydrogens is 390 g/mol. The van der Waals surface area contributed by atoms with Gasteiger partial charge >= 0.3 is 0 Å². The summed E-state index contributed by atoms with van der Waals surface area (Å²) < 4.78 is 10.7. The number of aromatic nitrogens is 2. The van der Waals surface area contributed by atoms with E-state index in [-0.39, 0.29) is 0 Å². The van der Waals surface area contributed by atoms with Crippen LogP contribution in [0.3, 0.4) is 0 Å². The average molecular weight is 408 g/mol. The number of aliphatic imine (C=N–C) groups is 1. The van der Waals surface area contributed by atoms with Gasteiger partial charge in [0.25, 0.3) is 4.45 Å². The van der Waals surface area contributed by atoms with Gasteiger partial charge in [-0.05, 0) is 5.56 Å². The van der Waals surface area contributed by atoms with Crippen LogP contribution in [0.2, 0.25) is 0 Å². The number of hydrogen-bond donors (Lipinski definition) is 1. The fraction of sp³-hybridized carbons (Fsp3) is 0.353. The third-order valence-corrected chi connectivity index (χ3v) is 7.05. The number of amidine groups is 1. The lowest BCUT2D eigenvalue weighted by atomic mass is 10.2. The number of hydrogen-bond acceptors (Lipinski definition) is 7. The van der Waals surface area contributed by atoms with Gasteiger partial charge in [0.1, 0.15) is 12.0 Å². The lowest BCUT2D eigenvalue weighted by molar-refractivity contribution is 0.451. The van der Waals surface area contributed by atoms with Gasteiger partial charge in [0, 0.05) is 41.1 Å². The van der Waals surface area contributed by atoms with E-state index < -0.39 is 15.3 Å². The molecule has 0 aliphatic carbocycles. The maximum absolute atomic E-state index is 11.7. The van der Waals surface area contributed by atoms with Crippen LogP contribution in [0.25, 0.3) is 0 Å². The quantitative estimate of drug-likeness (QED) is 0.622. The molecule has 9 heteroatoms. The van der Waals surface area contributed by atoms with Crippen LogP contribution in [0.1, 0.15) is 11.3 Å². The first-order chi connectivity index (χ1) is 12.6. The van der Waals surface area contributed by atoms with E-state index in [0.717, 1.165) is 23.0 Å². The maximum Gasteiger partial charge on any atom is 0.258 e. The van der Waals surface area contributed by atoms with Crippen molar-refractivity contribution in [1.82, 2.24) is 14.9 Å². The molecule has 0 spiro atoms. The minimum Gasteiger partial charge on any atom is -0.353 e. The molecule has 1 aromatic heterocycles. The summed E-state index contributed by atoms with van der Waals surface area (Å²) in [6.07, 6.45) is 3.23. The van der Waals surface area contributed by atoms with Gasteiger partial charge < -0.3 is 10.2 Å². The Bertz CT molecular complexity index is 840. The molecule has 0 bridgehead atoms. The number of anilines is 1. The summed E-state index contributed by atoms with van der Waals surface area (Å²) in [5.41, 5.74) is 2.68. The predicted molar refractivity (Wildman–Crippen MR) is 108 cm³/mol. The number of nitrogens with one attached hydrogen (secondary N) is 1. The Morgan fingerprint density at radius 1 is 1.27 bits per heavy atom. The van der Waals surface area contributed by atoms with Crippen LogP contribution in [-0.2, 0) is 16.6 Å². The first kappa shape index (κ1) is 17.8. The van der Waals surface area contributed by atoms with E-state index in [9.17, 15) is 4.21 Å². The monoisotopic (exact) mass is 407 g/mol. The van der Waals surface area contributed by atoms with Crippen molar-refractivity contribution in [3.8, 4) is 0 Å². The van der Waals surface area contributed by atoms with Crippen LogP contribution < -0.4 is 5.32 Å². The molecule has 1 unspecified atom stereocenters. The highest BCUT2D eigenvalue weighted by Crippen LogP contribution is 2.39. The second kappa shape index (κ2) is 7.54. The molecular formula is C17H18ClN5OS2. The summed E-state index contributed by atoms with van der Waals surface area (Å²) in [4.78, 5) is 15.4. The van der Waals surface area contributed by atoms with Gasteiger partial charge in [-0.25, -0.2) is 15.0 Å². The van der Waals surface area contributed by atoms with E-state index in [1.165, 1.54) is 23.7 Å². The largest absolute Gasteiger partial charge is 0.353 e. The first-order valence-corrected chi connectivity index (χ1v) is 11.1. The third-order valence-electron chi connectivity index (χ3n) is 4.21. The molecule has 0 saturated carbocycles. The first-order valence-electron chi connectivity index (χ1n) is 8.28. The molecule has 26 heavy (non-hydrogen) atoms. The summed E-state index contributed by atoms with van der Waals surface area (Å²) >= 11 is 8.33. The topological polar surface area (TPSA) is 70.5 Å². The van der Waals surface area contributed by atoms with E-state index >= 15 is 0 Å². The SMILES string of the molecule is O=S1CCN(C2=NC(Cl)(SCc3ccccc3)Nc3cncnc32)CC1. The second-order valence-electron chi connectivity index (χ2n) is 6.02. The van der Waals surface area contributed by atoms with E-state index in [1.807, 2.05) is 18.2 Å². The minimum absolute atomic E-state index is 0.638. The lowest BCUT2D eigenvalue weighted by Crippen LogP contribution is -2.46. The highest BCUT2D eigenvalue weighted by atomic mass is 35.5. The summed E-state index contributed by atoms with van der Waals surface area (Å²) in [6.45, 7) is 1.37. The highest BCUT2D eigenvalue weighted by Gasteiger charge is 2.36. The number of rotatable bonds is 3. The number of fused-ring (bicyclic) bond motifs is 1. The summed E-state index contributed by atoms with van der Waals surface area (Å²) in [5, 5.41) is 3.25. The molecule has 1 N–H and O–H groups in total. The van der Waals surface area contributed by atoms with E-state index in [0.29, 0.717) is 24.6 Å². The minimum atomic E-state index is -1.03. The Kier molecular flexibility index (Phi) is 5.15. The molecule has 136 valence electrons. The molecule has 1 atom stereocenters. The van der Waals surface area contributed by atoms with E-state index in [2.05, 4.69) is 32.3 Å². The lowest BCUT2D eigenvalue weighted by Gasteiger charge is -2.36. The molecule has 2 aliphatic heterocycles. The molecule has 6 nitrogen and oxygen atoms in total. The Morgan fingerprint density at radius 3 is 2.81 bits per heavy atom. The van der Waals surface area contributed by atoms with Crippen molar-refractivity contribution in [3.63, 3.8) is 0 Å². The Balaban J connectivity index is 1.61. The number of thioether (sulfide) groups is 1. The van der Waals surface area contributed by atoms with Crippen LogP contribution in [0, 0.1) is 0 Å². The van der Waals surface area contributed by atoms with E-state index in [4.69, 9.17) is 16.6 Å². The second-order valence-corrected chi connectivity index (χ2v) is 9.65. The highest BCUT2D eigenvalue weighted by molar-refractivity contribution is 8.01. The standard InChI is InChI=1S/C17H18ClN5OS2/c18-17(25-11-13-4-2-1-3-5-13)21-14-10-19-12-20-15(14)16(22-17)23-6-8-26(24)9-7-23/h1-5,10,12,21H,6-9,11H2. The molecule has 1 aromatic carbocycles. The van der Waals surface area contributed by atoms with Gasteiger partial charge in [0.2, 0.25) is 0 Å². The molecule has 1 fully saturated rings. The number of halogens is 1. The van der Waals surface area contributed by atoms with Crippen molar-refractivity contribution < 1.29 is 4.21 Å². The normalized spacial score (nSPS) is 23.1. The number of nitrogens with zero attached hydrogens (tertiary/aromatic N) is 4. The zero-order chi connectivity index (χ0) is 18.0. The Morgan fingerprint density at radius 2 is 2.04 bits per heavy atom. The van der Waals surface area contributed by atoms with Crippen molar-refractivity contribution in [2.75, 3.05) is 29.9 Å². The van der Waals surface area contributed by atoms with Crippen molar-refractivity contribution in [2.45, 2.75) is 10.2 Å². The van der Waals surface area contributed by atoms with Crippen LogP contribution in [0.4, 0.5) is 5.69 Å². The molecule has 4 rings (SSSR count). The van der Waals surface area contributed by atoms with Gasteiger partial charge in [-0.2, -0.15) is 0 Å². The maximum atomic E-state index is 11.7. The summed E-state index contributed by atoms with van der Waals surface area (Å²) in [7, 11) is -0.754. The average Bonchev–Trinajstić information content (AvgIpc) is 2.67. The van der Waals surface area contributed by atoms with Crippen LogP contribution in [-0.4, -0.2) is 54.0 Å². The molecule has 0 amide bonds. The van der Waals surface area contributed by atoms with Crippen LogP contribution >= 0.6 is 23.4 Å². The molecule has 2 aromatic rings.